The van der Waals surface area contributed by atoms with Crippen molar-refractivity contribution in [2.75, 3.05) is 31.6 Å². The average molecular weight is 447 g/mol. The summed E-state index contributed by atoms with van der Waals surface area (Å²) in [5.74, 6) is 2.11. The first kappa shape index (κ1) is 28.9. The third-order valence-electron chi connectivity index (χ3n) is 4.51. The molecule has 0 aliphatic carbocycles. The third-order valence-corrected chi connectivity index (χ3v) is 5.06. The number of thioether (sulfide) groups is 1. The summed E-state index contributed by atoms with van der Waals surface area (Å²) in [7, 11) is 0. The monoisotopic (exact) mass is 446 g/mol. The van der Waals surface area contributed by atoms with Crippen molar-refractivity contribution in [1.29, 1.82) is 0 Å². The van der Waals surface area contributed by atoms with Crippen molar-refractivity contribution in [3.63, 3.8) is 0 Å². The summed E-state index contributed by atoms with van der Waals surface area (Å²) in [6, 6.07) is 0. The fourth-order valence-corrected chi connectivity index (χ4v) is 3.53. The van der Waals surface area contributed by atoms with Gasteiger partial charge in [-0.05, 0) is 58.1 Å². The van der Waals surface area contributed by atoms with Gasteiger partial charge in [0.15, 0.2) is 0 Å². The van der Waals surface area contributed by atoms with Crippen molar-refractivity contribution in [3.8, 4) is 0 Å². The molecule has 1 amide bonds. The van der Waals surface area contributed by atoms with E-state index in [4.69, 9.17) is 4.74 Å². The van der Waals surface area contributed by atoms with Crippen LogP contribution in [0.3, 0.4) is 0 Å². The van der Waals surface area contributed by atoms with E-state index in [-0.39, 0.29) is 5.91 Å². The maximum absolute atomic E-state index is 12.6. The number of unbranched alkanes of at least 4 members (excludes halogenated alkanes) is 1. The van der Waals surface area contributed by atoms with Crippen molar-refractivity contribution in [3.05, 3.63) is 72.5 Å². The minimum absolute atomic E-state index is 0.0145. The second-order valence-corrected chi connectivity index (χ2v) is 7.98. The Balaban J connectivity index is 6.49. The lowest BCUT2D eigenvalue weighted by molar-refractivity contribution is -0.124. The van der Waals surface area contributed by atoms with Crippen molar-refractivity contribution in [2.45, 2.75) is 53.9 Å². The molecule has 0 atom stereocenters. The Labute approximate surface area is 195 Å². The molecular weight excluding hydrogens is 404 g/mol. The van der Waals surface area contributed by atoms with Gasteiger partial charge in [-0.2, -0.15) is 11.8 Å². The Hall–Kier alpha value is -2.14. The molecule has 0 rings (SSSR count). The smallest absolute Gasteiger partial charge is 0.250 e. The molecule has 174 valence electrons. The van der Waals surface area contributed by atoms with Crippen LogP contribution in [0.2, 0.25) is 0 Å². The lowest BCUT2D eigenvalue weighted by atomic mass is 10.2. The molecule has 4 nitrogen and oxygen atoms in total. The summed E-state index contributed by atoms with van der Waals surface area (Å²) in [5.41, 5.74) is 1.91. The van der Waals surface area contributed by atoms with E-state index in [1.165, 1.54) is 0 Å². The van der Waals surface area contributed by atoms with Gasteiger partial charge in [0.05, 0.1) is 11.4 Å². The number of amides is 1. The van der Waals surface area contributed by atoms with Gasteiger partial charge in [0, 0.05) is 25.3 Å². The third kappa shape index (κ3) is 11.2. The Morgan fingerprint density at radius 2 is 1.84 bits per heavy atom. The standard InChI is InChI=1S/C26H42N2O2S/c1-9-14-17-23(7)30-25(21-31-8)24(27(18-12-4)19-15-10-2)20-22(6)28(13-5)26(29)16-11-3/h9,11,14,16-17,20H,1,7,10,12-13,15,18-19,21H2,2-6,8H3/b16-11-,17-14-,22-20+,25-24-. The van der Waals surface area contributed by atoms with Gasteiger partial charge in [0.2, 0.25) is 5.91 Å². The summed E-state index contributed by atoms with van der Waals surface area (Å²) in [5, 5.41) is 0. The topological polar surface area (TPSA) is 32.8 Å². The van der Waals surface area contributed by atoms with Crippen LogP contribution >= 0.6 is 11.8 Å². The van der Waals surface area contributed by atoms with Crippen LogP contribution in [0.15, 0.2) is 72.5 Å². The highest BCUT2D eigenvalue weighted by molar-refractivity contribution is 7.98. The van der Waals surface area contributed by atoms with E-state index in [0.29, 0.717) is 18.1 Å². The van der Waals surface area contributed by atoms with E-state index < -0.39 is 0 Å². The molecule has 0 aromatic heterocycles. The van der Waals surface area contributed by atoms with Gasteiger partial charge < -0.3 is 14.5 Å². The number of allylic oxidation sites excluding steroid dienone is 6. The van der Waals surface area contributed by atoms with E-state index in [1.54, 1.807) is 34.9 Å². The van der Waals surface area contributed by atoms with Gasteiger partial charge in [0.1, 0.15) is 11.5 Å². The van der Waals surface area contributed by atoms with Crippen molar-refractivity contribution >= 4 is 17.7 Å². The summed E-state index contributed by atoms with van der Waals surface area (Å²) in [6.45, 7) is 20.4. The molecule has 0 unspecified atom stereocenters. The number of rotatable bonds is 16. The number of carbonyl (C=O) groups excluding carboxylic acids is 1. The Morgan fingerprint density at radius 1 is 1.13 bits per heavy atom. The zero-order chi connectivity index (χ0) is 23.6. The maximum Gasteiger partial charge on any atom is 0.250 e. The van der Waals surface area contributed by atoms with Crippen LogP contribution < -0.4 is 0 Å². The number of hydrogen-bond acceptors (Lipinski definition) is 4. The number of carbonyl (C=O) groups is 1. The van der Waals surface area contributed by atoms with Crippen LogP contribution in [0.25, 0.3) is 0 Å². The molecule has 0 saturated heterocycles. The fourth-order valence-electron chi connectivity index (χ4n) is 3.06. The molecule has 0 saturated carbocycles. The normalized spacial score (nSPS) is 12.8. The number of nitrogens with zero attached hydrogens (tertiary/aromatic N) is 2. The van der Waals surface area contributed by atoms with Gasteiger partial charge in [-0.25, -0.2) is 0 Å². The highest BCUT2D eigenvalue weighted by atomic mass is 32.2. The molecule has 0 aliphatic rings. The predicted octanol–water partition coefficient (Wildman–Crippen LogP) is 6.67. The van der Waals surface area contributed by atoms with Crippen LogP contribution in [0.1, 0.15) is 53.9 Å². The molecule has 0 N–H and O–H groups in total. The Bertz CT molecular complexity index is 690. The summed E-state index contributed by atoms with van der Waals surface area (Å²) in [6.07, 6.45) is 16.1. The summed E-state index contributed by atoms with van der Waals surface area (Å²) < 4.78 is 6.21. The minimum Gasteiger partial charge on any atom is -0.459 e. The fraction of sp³-hybridized carbons (Fsp3) is 0.500. The number of likely N-dealkylation sites (N-methyl/N-ethyl adjacent to an activating group) is 1. The SMILES string of the molecule is C=C/C=C\C(=C)O/C(CSC)=C(/C=C(\C)N(CC)C(=O)/C=C\C)N(CCC)CCCC. The van der Waals surface area contributed by atoms with Crippen LogP contribution in [-0.4, -0.2) is 47.3 Å². The molecule has 0 spiro atoms. The van der Waals surface area contributed by atoms with Crippen LogP contribution in [0, 0.1) is 0 Å². The molecule has 0 heterocycles. The quantitative estimate of drug-likeness (QED) is 0.150. The van der Waals surface area contributed by atoms with Gasteiger partial charge in [-0.15, -0.1) is 0 Å². The highest BCUT2D eigenvalue weighted by Gasteiger charge is 2.18. The molecule has 5 heteroatoms. The molecule has 0 aliphatic heterocycles. The van der Waals surface area contributed by atoms with Crippen molar-refractivity contribution in [2.24, 2.45) is 0 Å². The first-order chi connectivity index (χ1) is 14.9. The Morgan fingerprint density at radius 3 is 2.35 bits per heavy atom. The number of ether oxygens (including phenoxy) is 1. The first-order valence-corrected chi connectivity index (χ1v) is 12.5. The second-order valence-electron chi connectivity index (χ2n) is 7.11. The van der Waals surface area contributed by atoms with Gasteiger partial charge in [-0.3, -0.25) is 4.79 Å². The van der Waals surface area contributed by atoms with Gasteiger partial charge in [0.25, 0.3) is 0 Å². The van der Waals surface area contributed by atoms with Gasteiger partial charge >= 0.3 is 0 Å². The molecule has 0 bridgehead atoms. The zero-order valence-corrected chi connectivity index (χ0v) is 21.3. The molecule has 0 aromatic rings. The summed E-state index contributed by atoms with van der Waals surface area (Å²) >= 11 is 1.70. The van der Waals surface area contributed by atoms with Crippen LogP contribution in [-0.2, 0) is 9.53 Å². The highest BCUT2D eigenvalue weighted by Crippen LogP contribution is 2.23. The van der Waals surface area contributed by atoms with Crippen LogP contribution in [0.4, 0.5) is 0 Å². The number of hydrogen-bond donors (Lipinski definition) is 0. The van der Waals surface area contributed by atoms with E-state index in [9.17, 15) is 4.79 Å². The van der Waals surface area contributed by atoms with Crippen molar-refractivity contribution < 1.29 is 9.53 Å². The van der Waals surface area contributed by atoms with Crippen molar-refractivity contribution in [1.82, 2.24) is 9.80 Å². The van der Waals surface area contributed by atoms with E-state index in [0.717, 1.165) is 49.5 Å². The molecule has 31 heavy (non-hydrogen) atoms. The van der Waals surface area contributed by atoms with Gasteiger partial charge in [-0.1, -0.05) is 51.7 Å². The summed E-state index contributed by atoms with van der Waals surface area (Å²) in [4.78, 5) is 16.7. The largest absolute Gasteiger partial charge is 0.459 e. The second kappa shape index (κ2) is 17.5. The lowest BCUT2D eigenvalue weighted by Gasteiger charge is -2.29. The van der Waals surface area contributed by atoms with E-state index in [1.807, 2.05) is 32.9 Å². The lowest BCUT2D eigenvalue weighted by Crippen LogP contribution is -2.30. The maximum atomic E-state index is 12.6. The first-order valence-electron chi connectivity index (χ1n) is 11.1. The average Bonchev–Trinajstić information content (AvgIpc) is 2.74. The molecule has 0 aromatic carbocycles. The molecular formula is C26H42N2O2S. The molecule has 0 radical (unpaired) electrons. The minimum atomic E-state index is -0.0145. The van der Waals surface area contributed by atoms with Crippen LogP contribution in [0.5, 0.6) is 0 Å². The predicted molar refractivity (Wildman–Crippen MR) is 138 cm³/mol. The Kier molecular flexibility index (Phi) is 16.3. The van der Waals surface area contributed by atoms with E-state index in [2.05, 4.69) is 44.2 Å². The zero-order valence-electron chi connectivity index (χ0n) is 20.4. The molecule has 0 fully saturated rings. The van der Waals surface area contributed by atoms with E-state index >= 15 is 0 Å².